The van der Waals surface area contributed by atoms with Gasteiger partial charge in [-0.3, -0.25) is 29.9 Å². The summed E-state index contributed by atoms with van der Waals surface area (Å²) in [5.74, 6) is 2.49. The van der Waals surface area contributed by atoms with Gasteiger partial charge in [0.25, 0.3) is 5.69 Å². The molecule has 0 atom stereocenters. The highest BCUT2D eigenvalue weighted by Gasteiger charge is 2.26. The molecule has 0 radical (unpaired) electrons. The summed E-state index contributed by atoms with van der Waals surface area (Å²) in [5, 5.41) is 13.6. The molecule has 0 spiro atoms. The summed E-state index contributed by atoms with van der Waals surface area (Å²) in [5.41, 5.74) is 2.08. The number of esters is 1. The van der Waals surface area contributed by atoms with Gasteiger partial charge in [-0.15, -0.1) is 0 Å². The van der Waals surface area contributed by atoms with Crippen molar-refractivity contribution >= 4 is 29.2 Å². The van der Waals surface area contributed by atoms with E-state index in [9.17, 15) is 24.5 Å². The van der Waals surface area contributed by atoms with Crippen molar-refractivity contribution < 1.29 is 28.8 Å². The lowest BCUT2D eigenvalue weighted by Gasteiger charge is -2.28. The lowest BCUT2D eigenvalue weighted by molar-refractivity contribution is -0.384. The Morgan fingerprint density at radius 2 is 1.90 bits per heavy atom. The second-order valence-electron chi connectivity index (χ2n) is 6.63. The number of carbonyl (C=O) groups is 3. The predicted molar refractivity (Wildman–Crippen MR) is 102 cm³/mol. The van der Waals surface area contributed by atoms with Crippen molar-refractivity contribution in [3.8, 4) is 0 Å². The van der Waals surface area contributed by atoms with Gasteiger partial charge >= 0.3 is 17.8 Å². The van der Waals surface area contributed by atoms with Crippen LogP contribution in [-0.2, 0) is 23.9 Å². The van der Waals surface area contributed by atoms with E-state index >= 15 is 0 Å². The van der Waals surface area contributed by atoms with Crippen molar-refractivity contribution in [2.24, 2.45) is 5.84 Å². The number of nitrogens with one attached hydrogen (secondary N) is 2. The standard InChI is InChI=1S/C18H24N4O7/c1-28-16(23)8-9-29-13-5-2-11(3-6-13)12-4-7-14(15(10-12)22(26)27)20-17(24)18(25)21-19/h4,7,10-11,13H,2-3,5-6,8-9,19H2,1H3,(H,20,24)(H,21,25)/t11-,13-. The van der Waals surface area contributed by atoms with Crippen molar-refractivity contribution in [3.05, 3.63) is 33.9 Å². The van der Waals surface area contributed by atoms with Gasteiger partial charge in [0.15, 0.2) is 0 Å². The maximum atomic E-state index is 11.6. The Bertz CT molecular complexity index is 775. The molecule has 1 saturated carbocycles. The molecule has 0 aromatic heterocycles. The number of nitro groups is 1. The fourth-order valence-corrected chi connectivity index (χ4v) is 3.28. The normalized spacial score (nSPS) is 18.6. The first-order valence-electron chi connectivity index (χ1n) is 9.14. The molecule has 0 unspecified atom stereocenters. The molecule has 11 nitrogen and oxygen atoms in total. The number of ether oxygens (including phenoxy) is 2. The number of rotatable bonds is 7. The van der Waals surface area contributed by atoms with Gasteiger partial charge in [-0.1, -0.05) is 6.07 Å². The summed E-state index contributed by atoms with van der Waals surface area (Å²) in [4.78, 5) is 44.7. The Hall–Kier alpha value is -3.05. The average molecular weight is 408 g/mol. The minimum Gasteiger partial charge on any atom is -0.469 e. The number of amides is 2. The fraction of sp³-hybridized carbons (Fsp3) is 0.500. The molecule has 1 aliphatic rings. The van der Waals surface area contributed by atoms with E-state index in [1.165, 1.54) is 19.2 Å². The summed E-state index contributed by atoms with van der Waals surface area (Å²) in [7, 11) is 1.33. The molecular weight excluding hydrogens is 384 g/mol. The molecule has 2 amide bonds. The number of nitrogens with two attached hydrogens (primary N) is 1. The van der Waals surface area contributed by atoms with Crippen molar-refractivity contribution in [2.45, 2.75) is 44.1 Å². The number of carbonyl (C=O) groups excluding carboxylic acids is 3. The van der Waals surface area contributed by atoms with Crippen molar-refractivity contribution in [3.63, 3.8) is 0 Å². The Kier molecular flexibility index (Phi) is 8.04. The number of nitro benzene ring substituents is 1. The van der Waals surface area contributed by atoms with E-state index in [0.29, 0.717) is 6.61 Å². The number of anilines is 1. The van der Waals surface area contributed by atoms with Crippen LogP contribution in [-0.4, -0.2) is 42.5 Å². The van der Waals surface area contributed by atoms with E-state index in [4.69, 9.17) is 10.6 Å². The minimum atomic E-state index is -1.10. The zero-order valence-corrected chi connectivity index (χ0v) is 16.0. The number of benzene rings is 1. The van der Waals surface area contributed by atoms with Crippen LogP contribution in [0.4, 0.5) is 11.4 Å². The fourth-order valence-electron chi connectivity index (χ4n) is 3.28. The summed E-state index contributed by atoms with van der Waals surface area (Å²) in [6.07, 6.45) is 3.35. The maximum Gasteiger partial charge on any atom is 0.323 e. The molecular formula is C18H24N4O7. The summed E-state index contributed by atoms with van der Waals surface area (Å²) >= 11 is 0. The molecule has 0 bridgehead atoms. The second kappa shape index (κ2) is 10.5. The highest BCUT2D eigenvalue weighted by atomic mass is 16.6. The monoisotopic (exact) mass is 408 g/mol. The molecule has 1 aromatic carbocycles. The van der Waals surface area contributed by atoms with Crippen molar-refractivity contribution in [2.75, 3.05) is 19.0 Å². The Morgan fingerprint density at radius 3 is 2.48 bits per heavy atom. The first kappa shape index (κ1) is 22.2. The first-order chi connectivity index (χ1) is 13.8. The third kappa shape index (κ3) is 6.22. The zero-order chi connectivity index (χ0) is 21.4. The van der Waals surface area contributed by atoms with Gasteiger partial charge in [-0.05, 0) is 43.2 Å². The average Bonchev–Trinajstić information content (AvgIpc) is 2.73. The number of nitrogens with zero attached hydrogens (tertiary/aromatic N) is 1. The molecule has 11 heteroatoms. The molecule has 0 heterocycles. The molecule has 2 rings (SSSR count). The van der Waals surface area contributed by atoms with Gasteiger partial charge in [0, 0.05) is 6.07 Å². The van der Waals surface area contributed by atoms with E-state index in [1.807, 2.05) is 0 Å². The van der Waals surface area contributed by atoms with Crippen LogP contribution in [0.25, 0.3) is 0 Å². The minimum absolute atomic E-state index is 0.0410. The van der Waals surface area contributed by atoms with Crippen LogP contribution >= 0.6 is 0 Å². The van der Waals surface area contributed by atoms with Gasteiger partial charge in [-0.25, -0.2) is 5.84 Å². The first-order valence-corrected chi connectivity index (χ1v) is 9.14. The van der Waals surface area contributed by atoms with Crippen LogP contribution < -0.4 is 16.6 Å². The van der Waals surface area contributed by atoms with Gasteiger partial charge in [0.05, 0.1) is 31.2 Å². The molecule has 1 aliphatic carbocycles. The zero-order valence-electron chi connectivity index (χ0n) is 16.0. The number of hydrazine groups is 1. The third-order valence-electron chi connectivity index (χ3n) is 4.84. The topological polar surface area (TPSA) is 163 Å². The third-order valence-corrected chi connectivity index (χ3v) is 4.84. The van der Waals surface area contributed by atoms with Crippen LogP contribution in [0.15, 0.2) is 18.2 Å². The smallest absolute Gasteiger partial charge is 0.323 e. The summed E-state index contributed by atoms with van der Waals surface area (Å²) in [6, 6.07) is 4.53. The molecule has 0 saturated heterocycles. The molecule has 1 aromatic rings. The predicted octanol–water partition coefficient (Wildman–Crippen LogP) is 1.13. The Morgan fingerprint density at radius 1 is 1.21 bits per heavy atom. The van der Waals surface area contributed by atoms with E-state index in [-0.39, 0.29) is 35.8 Å². The molecule has 1 fully saturated rings. The highest BCUT2D eigenvalue weighted by molar-refractivity contribution is 6.39. The largest absolute Gasteiger partial charge is 0.469 e. The quantitative estimate of drug-likeness (QED) is 0.151. The van der Waals surface area contributed by atoms with Crippen LogP contribution in [0.2, 0.25) is 0 Å². The van der Waals surface area contributed by atoms with Crippen LogP contribution in [0.1, 0.15) is 43.6 Å². The van der Waals surface area contributed by atoms with Gasteiger partial charge in [-0.2, -0.15) is 0 Å². The summed E-state index contributed by atoms with van der Waals surface area (Å²) in [6.45, 7) is 0.304. The van der Waals surface area contributed by atoms with Crippen LogP contribution in [0, 0.1) is 10.1 Å². The Balaban J connectivity index is 1.98. The lowest BCUT2D eigenvalue weighted by Crippen LogP contribution is -2.39. The Labute approximate surface area is 167 Å². The lowest BCUT2D eigenvalue weighted by atomic mass is 9.82. The van der Waals surface area contributed by atoms with E-state index in [2.05, 4.69) is 10.1 Å². The van der Waals surface area contributed by atoms with Gasteiger partial charge < -0.3 is 14.8 Å². The number of hydrogen-bond donors (Lipinski definition) is 3. The van der Waals surface area contributed by atoms with Crippen LogP contribution in [0.5, 0.6) is 0 Å². The van der Waals surface area contributed by atoms with Crippen molar-refractivity contribution in [1.82, 2.24) is 5.43 Å². The molecule has 0 aliphatic heterocycles. The number of methoxy groups -OCH3 is 1. The van der Waals surface area contributed by atoms with E-state index in [0.717, 1.165) is 31.2 Å². The highest BCUT2D eigenvalue weighted by Crippen LogP contribution is 2.37. The van der Waals surface area contributed by atoms with Crippen molar-refractivity contribution in [1.29, 1.82) is 0 Å². The van der Waals surface area contributed by atoms with E-state index in [1.54, 1.807) is 11.5 Å². The number of hydrogen-bond acceptors (Lipinski definition) is 8. The molecule has 29 heavy (non-hydrogen) atoms. The maximum absolute atomic E-state index is 11.6. The van der Waals surface area contributed by atoms with Gasteiger partial charge in [0.2, 0.25) is 0 Å². The van der Waals surface area contributed by atoms with Crippen LogP contribution in [0.3, 0.4) is 0 Å². The molecule has 158 valence electrons. The van der Waals surface area contributed by atoms with Gasteiger partial charge in [0.1, 0.15) is 5.69 Å². The summed E-state index contributed by atoms with van der Waals surface area (Å²) < 4.78 is 10.3. The second-order valence-corrected chi connectivity index (χ2v) is 6.63. The SMILES string of the molecule is COC(=O)CCO[C@H]1CC[C@H](c2ccc(NC(=O)C(=O)NN)c([N+](=O)[O-])c2)CC1. The van der Waals surface area contributed by atoms with E-state index < -0.39 is 16.7 Å². The molecule has 4 N–H and O–H groups in total.